The predicted octanol–water partition coefficient (Wildman–Crippen LogP) is 3.60. The number of carbonyl (C=O) groups excluding carboxylic acids is 2. The Morgan fingerprint density at radius 1 is 1.15 bits per heavy atom. The van der Waals surface area contributed by atoms with Crippen molar-refractivity contribution in [3.63, 3.8) is 0 Å². The summed E-state index contributed by atoms with van der Waals surface area (Å²) in [5.74, 6) is -0.341. The van der Waals surface area contributed by atoms with Gasteiger partial charge < -0.3 is 25.0 Å². The van der Waals surface area contributed by atoms with Gasteiger partial charge in [-0.25, -0.2) is 4.79 Å². The van der Waals surface area contributed by atoms with Crippen molar-refractivity contribution in [3.05, 3.63) is 70.0 Å². The van der Waals surface area contributed by atoms with E-state index in [1.165, 1.54) is 0 Å². The van der Waals surface area contributed by atoms with Crippen LogP contribution in [-0.4, -0.2) is 60.8 Å². The molecule has 0 aliphatic carbocycles. The average molecular weight is 702 g/mol. The summed E-state index contributed by atoms with van der Waals surface area (Å²) in [4.78, 5) is 27.1. The van der Waals surface area contributed by atoms with Crippen LogP contribution >= 0.6 is 23.8 Å². The molecule has 2 aromatic carbocycles. The van der Waals surface area contributed by atoms with Gasteiger partial charge in [-0.2, -0.15) is 0 Å². The van der Waals surface area contributed by atoms with Gasteiger partial charge in [0.2, 0.25) is 0 Å². The second-order valence-electron chi connectivity index (χ2n) is 7.13. The molecule has 1 saturated heterocycles. The molecule has 10 heteroatoms. The van der Waals surface area contributed by atoms with Crippen LogP contribution in [0.1, 0.15) is 22.8 Å². The molecule has 1 atom stereocenters. The smallest absolute Gasteiger partial charge is 0.328 e. The second-order valence-corrected chi connectivity index (χ2v) is 7.89. The molecule has 7 nitrogen and oxygen atoms in total. The van der Waals surface area contributed by atoms with Crippen molar-refractivity contribution in [2.24, 2.45) is 0 Å². The van der Waals surface area contributed by atoms with Crippen LogP contribution in [0, 0.1) is 44.1 Å². The van der Waals surface area contributed by atoms with Crippen LogP contribution in [0.4, 0.5) is 0 Å². The number of piperazine rings is 1. The summed E-state index contributed by atoms with van der Waals surface area (Å²) in [6.07, 6.45) is 0.257. The molecular formula is C23H25AcClN3O4S-. The zero-order chi connectivity index (χ0) is 22.9. The van der Waals surface area contributed by atoms with E-state index in [0.717, 1.165) is 31.7 Å². The number of ether oxygens (including phenoxy) is 2. The van der Waals surface area contributed by atoms with E-state index in [9.17, 15) is 9.59 Å². The van der Waals surface area contributed by atoms with Crippen molar-refractivity contribution < 1.29 is 63.1 Å². The third kappa shape index (κ3) is 8.49. The van der Waals surface area contributed by atoms with Crippen LogP contribution in [0.5, 0.6) is 5.75 Å². The van der Waals surface area contributed by atoms with Crippen molar-refractivity contribution in [1.29, 1.82) is 0 Å². The number of nitrogens with zero attached hydrogens (tertiary/aromatic N) is 2. The number of benzene rings is 2. The molecule has 1 heterocycles. The Morgan fingerprint density at radius 3 is 2.45 bits per heavy atom. The Kier molecular flexibility index (Phi) is 12.1. The topological polar surface area (TPSA) is 82.0 Å². The molecule has 1 amide bonds. The first-order valence-corrected chi connectivity index (χ1v) is 11.2. The minimum Gasteiger partial charge on any atom is -0.659 e. The molecule has 1 N–H and O–H groups in total. The van der Waals surface area contributed by atoms with Crippen LogP contribution in [0.2, 0.25) is 5.02 Å². The zero-order valence-corrected chi connectivity index (χ0v) is 24.6. The zero-order valence-electron chi connectivity index (χ0n) is 18.3. The predicted molar refractivity (Wildman–Crippen MR) is 127 cm³/mol. The number of esters is 1. The third-order valence-electron chi connectivity index (χ3n) is 4.88. The summed E-state index contributed by atoms with van der Waals surface area (Å²) in [5.41, 5.74) is 1.13. The van der Waals surface area contributed by atoms with Crippen LogP contribution in [-0.2, 0) is 16.0 Å². The average Bonchev–Trinajstić information content (AvgIpc) is 2.80. The number of halogens is 1. The van der Waals surface area contributed by atoms with Gasteiger partial charge >= 0.3 is 5.97 Å². The molecule has 0 aromatic heterocycles. The Bertz CT molecular complexity index is 955. The fourth-order valence-electron chi connectivity index (χ4n) is 3.20. The number of carbonyl (C=O) groups is 2. The van der Waals surface area contributed by atoms with Gasteiger partial charge in [-0.15, -0.1) is 13.1 Å². The van der Waals surface area contributed by atoms with Crippen LogP contribution in [0.25, 0.3) is 5.32 Å². The Hall–Kier alpha value is -1.24. The number of hydrogen-bond donors (Lipinski definition) is 1. The van der Waals surface area contributed by atoms with Crippen LogP contribution < -0.4 is 10.1 Å². The van der Waals surface area contributed by atoms with Gasteiger partial charge in [-0.1, -0.05) is 35.9 Å². The third-order valence-corrected chi connectivity index (χ3v) is 5.55. The van der Waals surface area contributed by atoms with Crippen molar-refractivity contribution in [2.75, 3.05) is 32.8 Å². The molecule has 0 unspecified atom stereocenters. The summed E-state index contributed by atoms with van der Waals surface area (Å²) in [7, 11) is 0. The Morgan fingerprint density at radius 2 is 1.82 bits per heavy atom. The fraction of sp³-hybridized carbons (Fsp3) is 0.348. The maximum atomic E-state index is 12.7. The first-order valence-electron chi connectivity index (χ1n) is 10.4. The van der Waals surface area contributed by atoms with Crippen LogP contribution in [0.3, 0.4) is 0 Å². The molecule has 1 aliphatic rings. The molecular weight excluding hydrogens is 677 g/mol. The van der Waals surface area contributed by atoms with E-state index in [2.05, 4.69) is 10.6 Å². The van der Waals surface area contributed by atoms with E-state index in [0.29, 0.717) is 21.5 Å². The largest absolute Gasteiger partial charge is 0.659 e. The van der Waals surface area contributed by atoms with E-state index in [4.69, 9.17) is 33.3 Å². The number of amides is 1. The number of thiocarbonyl (C=S) groups is 1. The van der Waals surface area contributed by atoms with Gasteiger partial charge in [-0.3, -0.25) is 4.79 Å². The van der Waals surface area contributed by atoms with E-state index in [1.54, 1.807) is 43.3 Å². The van der Waals surface area contributed by atoms with E-state index < -0.39 is 17.9 Å². The SMILES string of the molecule is CCOC(=O)[C@H](Cc1ccc(OC(=S)N2CC[N-]CC2)cc1)NC(=O)c1ccccc1Cl.[Ac]. The minimum atomic E-state index is -0.858. The maximum absolute atomic E-state index is 12.7. The number of nitrogens with one attached hydrogen (secondary N) is 1. The number of rotatable bonds is 7. The Labute approximate surface area is 240 Å². The monoisotopic (exact) mass is 701 g/mol. The quantitative estimate of drug-likeness (QED) is 0.351. The Balaban J connectivity index is 0.00000385. The van der Waals surface area contributed by atoms with Crippen molar-refractivity contribution in [3.8, 4) is 5.75 Å². The molecule has 0 spiro atoms. The van der Waals surface area contributed by atoms with Crippen molar-refractivity contribution in [1.82, 2.24) is 10.2 Å². The number of hydrogen-bond acceptors (Lipinski definition) is 5. The van der Waals surface area contributed by atoms with E-state index in [-0.39, 0.29) is 57.1 Å². The minimum absolute atomic E-state index is 0. The van der Waals surface area contributed by atoms with Gasteiger partial charge in [-0.05, 0) is 49.0 Å². The molecule has 0 bridgehead atoms. The first-order chi connectivity index (χ1) is 15.5. The summed E-state index contributed by atoms with van der Waals surface area (Å²) < 4.78 is 10.9. The molecule has 33 heavy (non-hydrogen) atoms. The molecule has 1 fully saturated rings. The van der Waals surface area contributed by atoms with Gasteiger partial charge in [0.05, 0.1) is 17.2 Å². The second kappa shape index (κ2) is 14.2. The normalized spacial score (nSPS) is 13.9. The summed E-state index contributed by atoms with van der Waals surface area (Å²) in [6, 6.07) is 13.0. The molecule has 173 valence electrons. The molecule has 1 radical (unpaired) electrons. The van der Waals surface area contributed by atoms with Gasteiger partial charge in [0, 0.05) is 63.6 Å². The molecule has 2 aromatic rings. The van der Waals surface area contributed by atoms with Gasteiger partial charge in [0.1, 0.15) is 11.8 Å². The molecule has 1 aliphatic heterocycles. The van der Waals surface area contributed by atoms with Crippen molar-refractivity contribution in [2.45, 2.75) is 19.4 Å². The fourth-order valence-corrected chi connectivity index (χ4v) is 3.70. The van der Waals surface area contributed by atoms with Crippen molar-refractivity contribution >= 4 is 40.9 Å². The van der Waals surface area contributed by atoms with Crippen LogP contribution in [0.15, 0.2) is 48.5 Å². The van der Waals surface area contributed by atoms with E-state index >= 15 is 0 Å². The van der Waals surface area contributed by atoms with Gasteiger partial charge in [0.15, 0.2) is 0 Å². The molecule has 3 rings (SSSR count). The maximum Gasteiger partial charge on any atom is 0.328 e. The summed E-state index contributed by atoms with van der Waals surface area (Å²) in [5, 5.41) is 7.76. The first kappa shape index (κ1) is 28.0. The van der Waals surface area contributed by atoms with E-state index in [1.807, 2.05) is 17.0 Å². The summed E-state index contributed by atoms with van der Waals surface area (Å²) in [6.45, 7) is 4.93. The standard InChI is InChI=1S/C23H25ClN3O4S.Ac/c1-2-30-22(29)20(26-21(28)18-5-3-4-6-19(18)24)15-16-7-9-17(10-8-16)31-23(32)27-13-11-25-12-14-27;/h3-10,20H,2,11-15H2,1H3,(H,26,28);/q-1;/t20-;/m0./s1. The van der Waals surface area contributed by atoms with Gasteiger partial charge in [0.25, 0.3) is 11.1 Å². The summed E-state index contributed by atoms with van der Waals surface area (Å²) >= 11 is 11.5. The molecule has 0 saturated carbocycles.